The number of aryl methyl sites for hydroxylation is 3. The maximum absolute atomic E-state index is 12.8. The van der Waals surface area contributed by atoms with Crippen molar-refractivity contribution in [3.8, 4) is 22.3 Å². The van der Waals surface area contributed by atoms with Crippen LogP contribution in [0.25, 0.3) is 43.8 Å². The molecule has 0 aromatic heterocycles. The number of hydrogen-bond acceptors (Lipinski definition) is 0. The summed E-state index contributed by atoms with van der Waals surface area (Å²) in [6, 6.07) is 44.5. The maximum atomic E-state index is 12.8. The van der Waals surface area contributed by atoms with Gasteiger partial charge in [0.1, 0.15) is 0 Å². The second kappa shape index (κ2) is 22.0. The monoisotopic (exact) mass is 856 g/mol. The molecule has 0 radical (unpaired) electrons. The van der Waals surface area contributed by atoms with Crippen molar-refractivity contribution in [1.82, 2.24) is 0 Å². The minimum absolute atomic E-state index is 0. The maximum Gasteiger partial charge on any atom is -0.109 e. The minimum atomic E-state index is -0.206. The van der Waals surface area contributed by atoms with Crippen molar-refractivity contribution in [1.29, 1.82) is 0 Å². The van der Waals surface area contributed by atoms with Crippen LogP contribution < -0.4 is 24.8 Å². The molecule has 0 unspecified atom stereocenters. The molecule has 0 bridgehead atoms. The summed E-state index contributed by atoms with van der Waals surface area (Å²) in [5.74, 6) is -0.411. The first kappa shape index (κ1) is 44.6. The molecule has 0 aliphatic heterocycles. The van der Waals surface area contributed by atoms with Crippen molar-refractivity contribution in [2.24, 2.45) is 0 Å². The van der Waals surface area contributed by atoms with Gasteiger partial charge in [0.05, 0.1) is 0 Å². The van der Waals surface area contributed by atoms with Crippen LogP contribution in [0.5, 0.6) is 0 Å². The van der Waals surface area contributed by atoms with Gasteiger partial charge in [-0.1, -0.05) is 116 Å². The van der Waals surface area contributed by atoms with Gasteiger partial charge in [-0.25, -0.2) is 12.2 Å². The third-order valence-corrected chi connectivity index (χ3v) is 10.7. The van der Waals surface area contributed by atoms with E-state index in [2.05, 4.69) is 118 Å². The molecule has 0 spiro atoms. The second-order valence-corrected chi connectivity index (χ2v) is 15.7. The van der Waals surface area contributed by atoms with E-state index >= 15 is 0 Å². The van der Waals surface area contributed by atoms with E-state index in [0.29, 0.717) is 0 Å². The Balaban J connectivity index is 0.000000236. The van der Waals surface area contributed by atoms with Crippen molar-refractivity contribution >= 4 is 24.8 Å². The van der Waals surface area contributed by atoms with Crippen molar-refractivity contribution < 1.29 is 57.8 Å². The number of fused-ring (bicyclic) bond motifs is 3. The van der Waals surface area contributed by atoms with Crippen LogP contribution in [-0.4, -0.2) is 3.21 Å². The van der Waals surface area contributed by atoms with E-state index in [1.54, 1.807) is 0 Å². The second-order valence-electron chi connectivity index (χ2n) is 14.0. The molecule has 0 nitrogen and oxygen atoms in total. The van der Waals surface area contributed by atoms with Crippen LogP contribution >= 0.6 is 0 Å². The molecule has 7 aromatic rings. The minimum Gasteiger partial charge on any atom is -1.00 e. The van der Waals surface area contributed by atoms with Crippen LogP contribution in [0.4, 0.5) is 8.78 Å². The Morgan fingerprint density at radius 1 is 0.696 bits per heavy atom. The first-order valence-electron chi connectivity index (χ1n) is 18.8. The fourth-order valence-corrected chi connectivity index (χ4v) is 8.17. The van der Waals surface area contributed by atoms with Gasteiger partial charge in [0.15, 0.2) is 0 Å². The number of allylic oxidation sites excluding steroid dienone is 4. The molecule has 0 amide bonds. The van der Waals surface area contributed by atoms with E-state index in [4.69, 9.17) is 0 Å². The molecule has 0 saturated carbocycles. The standard InChI is InChI=1S/C31H29.C15H12F2.C5H5.2ClH.Zr/c1-4-5-16-26-30-20-25-19-27(23-12-8-6-9-13-23)21(2)17-28(25)29(30)18-22(3)31(26)24-14-10-7-11-15-24;16-14-8-4-12(5-9-14)2-1-3-13-6-10-15(17)11-7-13;1-2-4-5-3-1;;;/h6-15,17-20H,4-5,16H2,1-3H3;4-11H,2-3H2;1-3H,4H2;2*1H;/q-1;;-1;;;+2/p-2. The first-order valence-corrected chi connectivity index (χ1v) is 20.1. The first-order chi connectivity index (χ1) is 26.3. The summed E-state index contributed by atoms with van der Waals surface area (Å²) in [6.45, 7) is 6.80. The van der Waals surface area contributed by atoms with Gasteiger partial charge in [0.2, 0.25) is 0 Å². The Kier molecular flexibility index (Phi) is 17.5. The molecular weight excluding hydrogens is 813 g/mol. The molecule has 56 heavy (non-hydrogen) atoms. The number of halogens is 4. The summed E-state index contributed by atoms with van der Waals surface area (Å²) in [7, 11) is 0. The van der Waals surface area contributed by atoms with Gasteiger partial charge in [-0.3, -0.25) is 6.08 Å². The molecule has 0 N–H and O–H groups in total. The SMILES string of the molecule is CCCCc1c(-c2ccccc2)c(C)cc2c1[cH-]c1cc(-c3ccccc3)c(C)cc12.Fc1ccc(C[C](=[Zr+2])Cc2ccc(F)cc2)cc1.[C-]1=CC=CC1.[Cl-].[Cl-]. The van der Waals surface area contributed by atoms with Gasteiger partial charge in [-0.15, -0.1) is 40.1 Å². The Bertz CT molecular complexity index is 2320. The van der Waals surface area contributed by atoms with Crippen molar-refractivity contribution in [3.05, 3.63) is 197 Å². The quantitative estimate of drug-likeness (QED) is 0.130. The van der Waals surface area contributed by atoms with Gasteiger partial charge >= 0.3 is 120 Å². The number of hydrogen-bond donors (Lipinski definition) is 0. The molecule has 7 aromatic carbocycles. The molecule has 0 heterocycles. The molecule has 284 valence electrons. The predicted molar refractivity (Wildman–Crippen MR) is 223 cm³/mol. The van der Waals surface area contributed by atoms with Crippen molar-refractivity contribution in [2.75, 3.05) is 0 Å². The fourth-order valence-electron chi connectivity index (χ4n) is 7.17. The van der Waals surface area contributed by atoms with Gasteiger partial charge in [0, 0.05) is 0 Å². The van der Waals surface area contributed by atoms with E-state index in [0.717, 1.165) is 36.8 Å². The Morgan fingerprint density at radius 3 is 1.75 bits per heavy atom. The largest absolute Gasteiger partial charge is 1.00 e. The average Bonchev–Trinajstić information content (AvgIpc) is 3.89. The topological polar surface area (TPSA) is 0 Å². The van der Waals surface area contributed by atoms with E-state index in [1.807, 2.05) is 36.4 Å². The van der Waals surface area contributed by atoms with E-state index in [1.165, 1.54) is 125 Å². The summed E-state index contributed by atoms with van der Waals surface area (Å²) in [4.78, 5) is 0. The smallest absolute Gasteiger partial charge is 0.109 e. The molecule has 0 atom stereocenters. The molecule has 8 rings (SSSR count). The Morgan fingerprint density at radius 2 is 1.25 bits per heavy atom. The van der Waals surface area contributed by atoms with Crippen LogP contribution in [0, 0.1) is 31.6 Å². The Hall–Kier alpha value is -4.14. The molecule has 1 aliphatic carbocycles. The summed E-state index contributed by atoms with van der Waals surface area (Å²) in [5.41, 5.74) is 11.8. The average molecular weight is 859 g/mol. The van der Waals surface area contributed by atoms with Crippen LogP contribution in [0.1, 0.15) is 54.0 Å². The van der Waals surface area contributed by atoms with Crippen LogP contribution in [0.15, 0.2) is 152 Å². The zero-order valence-electron chi connectivity index (χ0n) is 32.2. The van der Waals surface area contributed by atoms with Crippen LogP contribution in [-0.2, 0) is 43.5 Å². The number of rotatable bonds is 9. The molecule has 0 saturated heterocycles. The Labute approximate surface area is 358 Å². The molecule has 5 heteroatoms. The molecule has 0 fully saturated rings. The third-order valence-electron chi connectivity index (χ3n) is 9.83. The van der Waals surface area contributed by atoms with Crippen LogP contribution in [0.2, 0.25) is 0 Å². The summed E-state index contributed by atoms with van der Waals surface area (Å²) in [5, 5.41) is 5.56. The predicted octanol–water partition coefficient (Wildman–Crippen LogP) is 7.79. The van der Waals surface area contributed by atoms with Crippen molar-refractivity contribution in [3.63, 3.8) is 0 Å². The van der Waals surface area contributed by atoms with E-state index in [9.17, 15) is 8.78 Å². The van der Waals surface area contributed by atoms with Gasteiger partial charge in [-0.2, -0.15) is 6.08 Å². The fraction of sp³-hybridized carbons (Fsp3) is 0.176. The third kappa shape index (κ3) is 11.7. The summed E-state index contributed by atoms with van der Waals surface area (Å²) >= 11 is 1.36. The normalized spacial score (nSPS) is 11.3. The summed E-state index contributed by atoms with van der Waals surface area (Å²) in [6.07, 6.45) is 15.3. The van der Waals surface area contributed by atoms with Crippen LogP contribution in [0.3, 0.4) is 0 Å². The molecule has 1 aliphatic rings. The zero-order valence-corrected chi connectivity index (χ0v) is 36.2. The van der Waals surface area contributed by atoms with E-state index in [-0.39, 0.29) is 36.4 Å². The molecular formula is C51H46Cl2F2Zr-2. The van der Waals surface area contributed by atoms with Gasteiger partial charge in [-0.05, 0) is 36.1 Å². The number of unbranched alkanes of at least 4 members (excludes halogenated alkanes) is 1. The summed E-state index contributed by atoms with van der Waals surface area (Å²) < 4.78 is 26.9. The van der Waals surface area contributed by atoms with Gasteiger partial charge in [0.25, 0.3) is 0 Å². The van der Waals surface area contributed by atoms with E-state index < -0.39 is 0 Å². The van der Waals surface area contributed by atoms with Crippen molar-refractivity contribution in [2.45, 2.75) is 59.3 Å². The zero-order chi connectivity index (χ0) is 37.9. The number of benzene rings is 6. The van der Waals surface area contributed by atoms with Gasteiger partial charge < -0.3 is 24.8 Å².